The van der Waals surface area contributed by atoms with Gasteiger partial charge < -0.3 is 15.3 Å². The van der Waals surface area contributed by atoms with E-state index in [0.29, 0.717) is 6.42 Å². The summed E-state index contributed by atoms with van der Waals surface area (Å²) in [5, 5.41) is 27.6. The van der Waals surface area contributed by atoms with Crippen molar-refractivity contribution < 1.29 is 24.9 Å². The first-order chi connectivity index (χ1) is 13.5. The summed E-state index contributed by atoms with van der Waals surface area (Å²) in [6.45, 7) is 2.22. The van der Waals surface area contributed by atoms with Crippen LogP contribution in [0.25, 0.3) is 0 Å². The largest absolute Gasteiger partial charge is 0.481 e. The number of carboxylic acid groups (broad SMARTS) is 1. The second-order valence-corrected chi connectivity index (χ2v) is 7.46. The minimum absolute atomic E-state index is 0.123. The minimum atomic E-state index is -1.38. The van der Waals surface area contributed by atoms with Gasteiger partial charge in [-0.15, -0.1) is 0 Å². The second-order valence-electron chi connectivity index (χ2n) is 7.46. The summed E-state index contributed by atoms with van der Waals surface area (Å²) < 4.78 is 0. The Balaban J connectivity index is 3.50. The van der Waals surface area contributed by atoms with Crippen molar-refractivity contribution in [2.45, 2.75) is 109 Å². The summed E-state index contributed by atoms with van der Waals surface area (Å²) in [6, 6.07) is 0. The summed E-state index contributed by atoms with van der Waals surface area (Å²) >= 11 is 0. The Morgan fingerprint density at radius 3 is 1.89 bits per heavy atom. The fourth-order valence-electron chi connectivity index (χ4n) is 2.92. The van der Waals surface area contributed by atoms with Crippen molar-refractivity contribution in [2.75, 3.05) is 0 Å². The molecule has 0 spiro atoms. The Kier molecular flexibility index (Phi) is 17.9. The number of unbranched alkanes of at least 4 members (excludes halogenated alkanes) is 8. The molecule has 0 aliphatic heterocycles. The molecule has 0 radical (unpaired) electrons. The lowest BCUT2D eigenvalue weighted by Crippen LogP contribution is -2.30. The predicted octanol–water partition coefficient (Wildman–Crippen LogP) is 4.96. The van der Waals surface area contributed by atoms with Gasteiger partial charge in [0.05, 0.1) is 18.6 Å². The zero-order valence-corrected chi connectivity index (χ0v) is 17.5. The first-order valence-corrected chi connectivity index (χ1v) is 10.9. The molecule has 0 aromatic carbocycles. The third-order valence-electron chi connectivity index (χ3n) is 4.67. The van der Waals surface area contributed by atoms with Crippen LogP contribution in [0, 0.1) is 0 Å². The van der Waals surface area contributed by atoms with Crippen LogP contribution in [-0.2, 0) is 9.59 Å². The maximum Gasteiger partial charge on any atom is 0.306 e. The fraction of sp³-hybridized carbons (Fsp3) is 0.739. The van der Waals surface area contributed by atoms with E-state index >= 15 is 0 Å². The van der Waals surface area contributed by atoms with Gasteiger partial charge in [-0.3, -0.25) is 9.59 Å². The van der Waals surface area contributed by atoms with Crippen molar-refractivity contribution in [1.82, 2.24) is 0 Å². The number of rotatable bonds is 19. The lowest BCUT2D eigenvalue weighted by atomic mass is 10.0. The molecule has 0 aromatic heterocycles. The third-order valence-corrected chi connectivity index (χ3v) is 4.67. The molecule has 0 aliphatic rings. The van der Waals surface area contributed by atoms with E-state index in [2.05, 4.69) is 31.2 Å². The van der Waals surface area contributed by atoms with Crippen molar-refractivity contribution in [3.63, 3.8) is 0 Å². The number of ketones is 1. The average molecular weight is 397 g/mol. The number of aliphatic hydroxyl groups excluding tert-OH is 2. The number of carbonyl (C=O) groups is 2. The van der Waals surface area contributed by atoms with Gasteiger partial charge >= 0.3 is 5.97 Å². The average Bonchev–Trinajstić information content (AvgIpc) is 2.64. The van der Waals surface area contributed by atoms with Crippen molar-refractivity contribution >= 4 is 11.8 Å². The molecular weight excluding hydrogens is 356 g/mol. The summed E-state index contributed by atoms with van der Waals surface area (Å²) in [7, 11) is 0. The topological polar surface area (TPSA) is 94.8 Å². The van der Waals surface area contributed by atoms with Gasteiger partial charge in [0.2, 0.25) is 0 Å². The van der Waals surface area contributed by atoms with Gasteiger partial charge in [0.15, 0.2) is 0 Å². The smallest absolute Gasteiger partial charge is 0.306 e. The van der Waals surface area contributed by atoms with E-state index in [0.717, 1.165) is 44.9 Å². The van der Waals surface area contributed by atoms with Crippen molar-refractivity contribution in [2.24, 2.45) is 0 Å². The molecule has 162 valence electrons. The van der Waals surface area contributed by atoms with Crippen LogP contribution in [0.4, 0.5) is 0 Å². The van der Waals surface area contributed by atoms with Crippen LogP contribution in [0.2, 0.25) is 0 Å². The van der Waals surface area contributed by atoms with Gasteiger partial charge in [-0.25, -0.2) is 0 Å². The fourth-order valence-corrected chi connectivity index (χ4v) is 2.92. The number of hydrogen-bond acceptors (Lipinski definition) is 4. The Bertz CT molecular complexity index is 456. The van der Waals surface area contributed by atoms with Crippen molar-refractivity contribution in [1.29, 1.82) is 0 Å². The lowest BCUT2D eigenvalue weighted by Gasteiger charge is -2.15. The second kappa shape index (κ2) is 18.9. The molecular formula is C23H40O5. The predicted molar refractivity (Wildman–Crippen MR) is 113 cm³/mol. The molecule has 5 heteroatoms. The quantitative estimate of drug-likeness (QED) is 0.212. The number of aliphatic carboxylic acids is 1. The van der Waals surface area contributed by atoms with Gasteiger partial charge in [-0.05, 0) is 38.5 Å². The van der Waals surface area contributed by atoms with Crippen molar-refractivity contribution in [3.8, 4) is 0 Å². The number of Topliss-reactive ketones (excluding diaryl/α,β-unsaturated/α-hetero) is 1. The molecule has 0 aliphatic carbocycles. The molecule has 5 nitrogen and oxygen atoms in total. The molecule has 0 fully saturated rings. The standard InChI is InChI=1S/C23H40O5/c1-2-3-4-5-6-7-8-9-10-11-12-13-14-15-16-17-20(24)18-21(25)22(26)19-23(27)28/h6-7,9-10,21-22,25-26H,2-5,8,11-19H2,1H3,(H,27,28)/b7-6-,10-9-. The third kappa shape index (κ3) is 17.9. The number of hydrogen-bond donors (Lipinski definition) is 3. The number of allylic oxidation sites excluding steroid dienone is 4. The molecule has 0 saturated carbocycles. The molecule has 0 heterocycles. The molecule has 0 aromatic rings. The zero-order valence-electron chi connectivity index (χ0n) is 17.5. The van der Waals surface area contributed by atoms with Gasteiger partial charge in [0.1, 0.15) is 5.78 Å². The highest BCUT2D eigenvalue weighted by atomic mass is 16.4. The monoisotopic (exact) mass is 396 g/mol. The highest BCUT2D eigenvalue weighted by Gasteiger charge is 2.21. The first-order valence-electron chi connectivity index (χ1n) is 10.9. The zero-order chi connectivity index (χ0) is 21.0. The molecule has 2 unspecified atom stereocenters. The van der Waals surface area contributed by atoms with Crippen LogP contribution in [0.5, 0.6) is 0 Å². The van der Waals surface area contributed by atoms with Crippen LogP contribution >= 0.6 is 0 Å². The van der Waals surface area contributed by atoms with Crippen LogP contribution in [0.15, 0.2) is 24.3 Å². The molecule has 0 amide bonds. The molecule has 3 N–H and O–H groups in total. The summed E-state index contributed by atoms with van der Waals surface area (Å²) in [5.41, 5.74) is 0. The van der Waals surface area contributed by atoms with E-state index < -0.39 is 24.6 Å². The van der Waals surface area contributed by atoms with Gasteiger partial charge in [-0.2, -0.15) is 0 Å². The van der Waals surface area contributed by atoms with E-state index in [1.807, 2.05) is 0 Å². The Morgan fingerprint density at radius 2 is 1.29 bits per heavy atom. The summed E-state index contributed by atoms with van der Waals surface area (Å²) in [5.74, 6) is -1.31. The summed E-state index contributed by atoms with van der Waals surface area (Å²) in [4.78, 5) is 22.2. The normalized spacial score (nSPS) is 14.0. The Morgan fingerprint density at radius 1 is 0.750 bits per heavy atom. The van der Waals surface area contributed by atoms with Gasteiger partial charge in [0.25, 0.3) is 0 Å². The van der Waals surface area contributed by atoms with E-state index in [1.165, 1.54) is 25.7 Å². The minimum Gasteiger partial charge on any atom is -0.481 e. The Hall–Kier alpha value is -1.46. The first kappa shape index (κ1) is 26.5. The maximum atomic E-state index is 11.7. The van der Waals surface area contributed by atoms with Gasteiger partial charge in [-0.1, -0.05) is 63.3 Å². The highest BCUT2D eigenvalue weighted by Crippen LogP contribution is 2.11. The van der Waals surface area contributed by atoms with Gasteiger partial charge in [0, 0.05) is 12.8 Å². The lowest BCUT2D eigenvalue weighted by molar-refractivity contribution is -0.142. The Labute approximate surface area is 170 Å². The summed E-state index contributed by atoms with van der Waals surface area (Å²) in [6.07, 6.45) is 18.3. The highest BCUT2D eigenvalue weighted by molar-refractivity contribution is 5.79. The molecule has 2 atom stereocenters. The van der Waals surface area contributed by atoms with Crippen LogP contribution in [-0.4, -0.2) is 39.3 Å². The molecule has 28 heavy (non-hydrogen) atoms. The van der Waals surface area contributed by atoms with Crippen LogP contribution in [0.3, 0.4) is 0 Å². The van der Waals surface area contributed by atoms with E-state index in [4.69, 9.17) is 5.11 Å². The van der Waals surface area contributed by atoms with E-state index in [9.17, 15) is 19.8 Å². The number of carbonyl (C=O) groups excluding carboxylic acids is 1. The van der Waals surface area contributed by atoms with Crippen LogP contribution < -0.4 is 0 Å². The van der Waals surface area contributed by atoms with E-state index in [-0.39, 0.29) is 12.2 Å². The molecule has 0 rings (SSSR count). The number of carboxylic acids is 1. The van der Waals surface area contributed by atoms with Crippen molar-refractivity contribution in [3.05, 3.63) is 24.3 Å². The van der Waals surface area contributed by atoms with Crippen LogP contribution in [0.1, 0.15) is 96.8 Å². The molecule has 0 saturated heterocycles. The van der Waals surface area contributed by atoms with E-state index in [1.54, 1.807) is 0 Å². The maximum absolute atomic E-state index is 11.7. The molecule has 0 bridgehead atoms. The number of aliphatic hydroxyl groups is 2. The SMILES string of the molecule is CCCCC/C=C\C/C=C\CCCCCCCC(=O)CC(O)C(O)CC(=O)O.